The van der Waals surface area contributed by atoms with Crippen LogP contribution in [0.3, 0.4) is 0 Å². The second kappa shape index (κ2) is 7.05. The summed E-state index contributed by atoms with van der Waals surface area (Å²) in [5, 5.41) is 6.93. The van der Waals surface area contributed by atoms with Crippen LogP contribution in [0.2, 0.25) is 0 Å². The first-order valence-electron chi connectivity index (χ1n) is 9.60. The summed E-state index contributed by atoms with van der Waals surface area (Å²) in [6.07, 6.45) is 5.09. The van der Waals surface area contributed by atoms with Gasteiger partial charge in [0.2, 0.25) is 0 Å². The maximum Gasteiger partial charge on any atom is 0.161 e. The summed E-state index contributed by atoms with van der Waals surface area (Å²) in [5.74, 6) is 1.68. The van der Waals surface area contributed by atoms with Crippen molar-refractivity contribution in [2.45, 2.75) is 26.4 Å². The van der Waals surface area contributed by atoms with E-state index in [-0.39, 0.29) is 0 Å². The predicted octanol–water partition coefficient (Wildman–Crippen LogP) is 3.36. The minimum atomic E-state index is 0.631. The largest absolute Gasteiger partial charge is 0.364 e. The monoisotopic (exact) mass is 370 g/mol. The highest BCUT2D eigenvalue weighted by Crippen LogP contribution is 2.25. The van der Waals surface area contributed by atoms with Crippen LogP contribution in [-0.2, 0) is 19.5 Å². The maximum absolute atomic E-state index is 4.85. The summed E-state index contributed by atoms with van der Waals surface area (Å²) in [6, 6.07) is 14.3. The average molecular weight is 370 g/mol. The van der Waals surface area contributed by atoms with Crippen LogP contribution < -0.4 is 10.6 Å². The van der Waals surface area contributed by atoms with Crippen LogP contribution in [0.1, 0.15) is 22.5 Å². The van der Waals surface area contributed by atoms with Gasteiger partial charge in [-0.05, 0) is 31.5 Å². The number of anilines is 1. The fourth-order valence-corrected chi connectivity index (χ4v) is 3.64. The molecule has 4 aromatic rings. The molecule has 0 saturated carbocycles. The van der Waals surface area contributed by atoms with Crippen LogP contribution in [-0.4, -0.2) is 25.9 Å². The van der Waals surface area contributed by atoms with Crippen molar-refractivity contribution in [2.24, 2.45) is 0 Å². The average Bonchev–Trinajstić information content (AvgIpc) is 3.14. The number of rotatable bonds is 4. The van der Waals surface area contributed by atoms with E-state index < -0.39 is 0 Å². The summed E-state index contributed by atoms with van der Waals surface area (Å²) in [6.45, 7) is 4.44. The maximum atomic E-state index is 4.85. The van der Waals surface area contributed by atoms with Gasteiger partial charge in [-0.3, -0.25) is 0 Å². The molecular weight excluding hydrogens is 348 g/mol. The van der Waals surface area contributed by atoms with Crippen molar-refractivity contribution < 1.29 is 0 Å². The number of pyridine rings is 1. The SMILES string of the molecule is Cc1ccc2nc(CNc3nc(-c4ccccc4)nc4c3CCNC4)cn2c1. The fraction of sp³-hybridized carbons (Fsp3) is 0.227. The third-order valence-electron chi connectivity index (χ3n) is 5.05. The Hall–Kier alpha value is -3.25. The lowest BCUT2D eigenvalue weighted by Crippen LogP contribution is -2.26. The molecule has 140 valence electrons. The summed E-state index contributed by atoms with van der Waals surface area (Å²) in [5.41, 5.74) is 6.48. The highest BCUT2D eigenvalue weighted by molar-refractivity contribution is 5.60. The van der Waals surface area contributed by atoms with Gasteiger partial charge in [-0.1, -0.05) is 36.4 Å². The topological polar surface area (TPSA) is 67.1 Å². The van der Waals surface area contributed by atoms with Gasteiger partial charge in [0.1, 0.15) is 11.5 Å². The molecule has 3 aromatic heterocycles. The Morgan fingerprint density at radius 2 is 1.93 bits per heavy atom. The van der Waals surface area contributed by atoms with Crippen LogP contribution in [0.4, 0.5) is 5.82 Å². The minimum Gasteiger partial charge on any atom is -0.364 e. The second-order valence-electron chi connectivity index (χ2n) is 7.17. The minimum absolute atomic E-state index is 0.631. The summed E-state index contributed by atoms with van der Waals surface area (Å²) >= 11 is 0. The molecule has 0 aliphatic carbocycles. The Morgan fingerprint density at radius 3 is 2.82 bits per heavy atom. The molecule has 0 bridgehead atoms. The molecule has 0 fully saturated rings. The first kappa shape index (κ1) is 16.9. The fourth-order valence-electron chi connectivity index (χ4n) is 3.64. The quantitative estimate of drug-likeness (QED) is 0.577. The summed E-state index contributed by atoms with van der Waals surface area (Å²) < 4.78 is 2.07. The lowest BCUT2D eigenvalue weighted by atomic mass is 10.1. The first-order chi connectivity index (χ1) is 13.8. The van der Waals surface area contributed by atoms with Crippen molar-refractivity contribution in [1.82, 2.24) is 24.7 Å². The van der Waals surface area contributed by atoms with E-state index in [9.17, 15) is 0 Å². The van der Waals surface area contributed by atoms with Gasteiger partial charge < -0.3 is 15.0 Å². The molecule has 0 saturated heterocycles. The van der Waals surface area contributed by atoms with Gasteiger partial charge in [-0.15, -0.1) is 0 Å². The lowest BCUT2D eigenvalue weighted by Gasteiger charge is -2.20. The highest BCUT2D eigenvalue weighted by Gasteiger charge is 2.18. The highest BCUT2D eigenvalue weighted by atomic mass is 15.1. The zero-order valence-corrected chi connectivity index (χ0v) is 15.8. The molecule has 0 unspecified atom stereocenters. The van der Waals surface area contributed by atoms with E-state index in [0.29, 0.717) is 6.54 Å². The lowest BCUT2D eigenvalue weighted by molar-refractivity contribution is 0.625. The number of nitrogens with zero attached hydrogens (tertiary/aromatic N) is 4. The van der Waals surface area contributed by atoms with Gasteiger partial charge in [0, 0.05) is 30.1 Å². The molecule has 4 heterocycles. The van der Waals surface area contributed by atoms with E-state index in [1.165, 1.54) is 11.1 Å². The predicted molar refractivity (Wildman–Crippen MR) is 110 cm³/mol. The first-order valence-corrected chi connectivity index (χ1v) is 9.60. The molecule has 1 aliphatic rings. The molecule has 0 atom stereocenters. The van der Waals surface area contributed by atoms with E-state index in [4.69, 9.17) is 15.0 Å². The molecule has 5 rings (SSSR count). The third kappa shape index (κ3) is 3.23. The second-order valence-corrected chi connectivity index (χ2v) is 7.17. The number of aryl methyl sites for hydroxylation is 1. The molecule has 0 amide bonds. The van der Waals surface area contributed by atoms with Gasteiger partial charge in [-0.25, -0.2) is 15.0 Å². The molecule has 6 nitrogen and oxygen atoms in total. The Bertz CT molecular complexity index is 1130. The number of hydrogen-bond donors (Lipinski definition) is 2. The molecule has 6 heteroatoms. The van der Waals surface area contributed by atoms with E-state index in [1.807, 2.05) is 36.4 Å². The van der Waals surface area contributed by atoms with Crippen molar-refractivity contribution in [3.8, 4) is 11.4 Å². The van der Waals surface area contributed by atoms with E-state index in [0.717, 1.165) is 53.8 Å². The van der Waals surface area contributed by atoms with Gasteiger partial charge >= 0.3 is 0 Å². The van der Waals surface area contributed by atoms with Gasteiger partial charge in [0.05, 0.1) is 17.9 Å². The smallest absolute Gasteiger partial charge is 0.161 e. The van der Waals surface area contributed by atoms with Gasteiger partial charge in [-0.2, -0.15) is 0 Å². The summed E-state index contributed by atoms with van der Waals surface area (Å²) in [4.78, 5) is 14.4. The summed E-state index contributed by atoms with van der Waals surface area (Å²) in [7, 11) is 0. The number of fused-ring (bicyclic) bond motifs is 2. The Morgan fingerprint density at radius 1 is 1.04 bits per heavy atom. The standard InChI is InChI=1S/C22H22N6/c1-15-7-8-20-25-17(14-28(20)13-15)11-24-22-18-9-10-23-12-19(18)26-21(27-22)16-5-3-2-4-6-16/h2-8,13-14,23H,9-12H2,1H3,(H,24,26,27). The molecule has 28 heavy (non-hydrogen) atoms. The van der Waals surface area contributed by atoms with E-state index >= 15 is 0 Å². The van der Waals surface area contributed by atoms with Crippen LogP contribution in [0.15, 0.2) is 54.9 Å². The number of aromatic nitrogens is 4. The Balaban J connectivity index is 1.47. The Labute approximate surface area is 163 Å². The number of benzene rings is 1. The number of imidazole rings is 1. The van der Waals surface area contributed by atoms with Crippen molar-refractivity contribution in [2.75, 3.05) is 11.9 Å². The van der Waals surface area contributed by atoms with Crippen LogP contribution >= 0.6 is 0 Å². The molecule has 2 N–H and O–H groups in total. The number of nitrogens with one attached hydrogen (secondary N) is 2. The zero-order chi connectivity index (χ0) is 18.9. The van der Waals surface area contributed by atoms with Crippen molar-refractivity contribution in [1.29, 1.82) is 0 Å². The van der Waals surface area contributed by atoms with Crippen molar-refractivity contribution >= 4 is 11.5 Å². The van der Waals surface area contributed by atoms with Crippen molar-refractivity contribution in [3.63, 3.8) is 0 Å². The molecule has 0 radical (unpaired) electrons. The van der Waals surface area contributed by atoms with E-state index in [1.54, 1.807) is 0 Å². The van der Waals surface area contributed by atoms with E-state index in [2.05, 4.69) is 40.4 Å². The molecule has 1 aliphatic heterocycles. The van der Waals surface area contributed by atoms with Gasteiger partial charge in [0.15, 0.2) is 5.82 Å². The van der Waals surface area contributed by atoms with Crippen LogP contribution in [0, 0.1) is 6.92 Å². The molecular formula is C22H22N6. The van der Waals surface area contributed by atoms with Crippen molar-refractivity contribution in [3.05, 3.63) is 77.4 Å². The van der Waals surface area contributed by atoms with Crippen LogP contribution in [0.5, 0.6) is 0 Å². The zero-order valence-electron chi connectivity index (χ0n) is 15.8. The normalized spacial score (nSPS) is 13.5. The molecule has 0 spiro atoms. The Kier molecular flexibility index (Phi) is 4.25. The number of hydrogen-bond acceptors (Lipinski definition) is 5. The third-order valence-corrected chi connectivity index (χ3v) is 5.05. The van der Waals surface area contributed by atoms with Gasteiger partial charge in [0.25, 0.3) is 0 Å². The van der Waals surface area contributed by atoms with Crippen LogP contribution in [0.25, 0.3) is 17.0 Å². The molecule has 1 aromatic carbocycles.